The molecule has 104 valence electrons. The molecule has 0 aliphatic heterocycles. The number of halogens is 3. The summed E-state index contributed by atoms with van der Waals surface area (Å²) in [6, 6.07) is 9.52. The Morgan fingerprint density at radius 2 is 2.05 bits per heavy atom. The number of hydrogen-bond donors (Lipinski definition) is 1. The molecule has 20 heavy (non-hydrogen) atoms. The summed E-state index contributed by atoms with van der Waals surface area (Å²) in [7, 11) is 0. The smallest absolute Gasteiger partial charge is 0.139 e. The average molecular weight is 375 g/mol. The van der Waals surface area contributed by atoms with E-state index in [2.05, 4.69) is 15.9 Å². The van der Waals surface area contributed by atoms with Crippen LogP contribution >= 0.6 is 39.7 Å². The van der Waals surface area contributed by atoms with Crippen LogP contribution in [0.3, 0.4) is 0 Å². The molecule has 0 aromatic heterocycles. The van der Waals surface area contributed by atoms with E-state index >= 15 is 0 Å². The lowest BCUT2D eigenvalue weighted by Crippen LogP contribution is -2.14. The fourth-order valence-electron chi connectivity index (χ4n) is 1.65. The highest BCUT2D eigenvalue weighted by molar-refractivity contribution is 9.10. The van der Waals surface area contributed by atoms with E-state index in [4.69, 9.17) is 34.3 Å². The Labute approximate surface area is 134 Å². The molecule has 2 nitrogen and oxygen atoms in total. The van der Waals surface area contributed by atoms with Crippen LogP contribution in [-0.4, -0.2) is 4.99 Å². The van der Waals surface area contributed by atoms with E-state index in [0.717, 1.165) is 4.47 Å². The molecule has 2 aromatic carbocycles. The quantitative estimate of drug-likeness (QED) is 0.803. The summed E-state index contributed by atoms with van der Waals surface area (Å²) in [5, 5.41) is 0.493. The average Bonchev–Trinajstić information content (AvgIpc) is 2.40. The normalized spacial score (nSPS) is 10.3. The fraction of sp³-hybridized carbons (Fsp3) is 0.0714. The molecule has 0 atom stereocenters. The van der Waals surface area contributed by atoms with E-state index in [1.165, 1.54) is 12.1 Å². The van der Waals surface area contributed by atoms with Gasteiger partial charge in [0.1, 0.15) is 23.2 Å². The first-order valence-corrected chi connectivity index (χ1v) is 7.21. The Bertz CT molecular complexity index is 666. The van der Waals surface area contributed by atoms with Crippen molar-refractivity contribution in [2.45, 2.75) is 6.61 Å². The maximum atomic E-state index is 13.2. The molecule has 0 amide bonds. The van der Waals surface area contributed by atoms with Gasteiger partial charge in [-0.25, -0.2) is 4.39 Å². The minimum atomic E-state index is -0.392. The van der Waals surface area contributed by atoms with Crippen LogP contribution in [0.5, 0.6) is 5.75 Å². The summed E-state index contributed by atoms with van der Waals surface area (Å²) in [5.74, 6) is 0.135. The summed E-state index contributed by atoms with van der Waals surface area (Å²) in [6.45, 7) is 0.198. The molecular weight excluding hydrogens is 365 g/mol. The molecule has 0 fully saturated rings. The lowest BCUT2D eigenvalue weighted by molar-refractivity contribution is 0.306. The van der Waals surface area contributed by atoms with Crippen molar-refractivity contribution >= 4 is 44.7 Å². The molecule has 0 spiro atoms. The number of rotatable bonds is 4. The fourth-order valence-corrected chi connectivity index (χ4v) is 2.35. The van der Waals surface area contributed by atoms with Crippen molar-refractivity contribution < 1.29 is 9.13 Å². The van der Waals surface area contributed by atoms with Crippen molar-refractivity contribution in [3.05, 3.63) is 62.8 Å². The van der Waals surface area contributed by atoms with Crippen LogP contribution in [0.2, 0.25) is 5.02 Å². The molecule has 6 heteroatoms. The van der Waals surface area contributed by atoms with Gasteiger partial charge in [-0.05, 0) is 35.9 Å². The third-order valence-electron chi connectivity index (χ3n) is 2.61. The second-order valence-electron chi connectivity index (χ2n) is 4.03. The number of ether oxygens (including phenoxy) is 1. The van der Waals surface area contributed by atoms with Gasteiger partial charge in [-0.3, -0.25) is 0 Å². The van der Waals surface area contributed by atoms with Gasteiger partial charge in [0.05, 0.1) is 5.02 Å². The molecule has 0 saturated carbocycles. The number of benzene rings is 2. The zero-order chi connectivity index (χ0) is 14.7. The monoisotopic (exact) mass is 373 g/mol. The Morgan fingerprint density at radius 1 is 1.30 bits per heavy atom. The van der Waals surface area contributed by atoms with Gasteiger partial charge in [0.2, 0.25) is 0 Å². The first-order chi connectivity index (χ1) is 9.47. The molecular formula is C14H10BrClFNOS. The highest BCUT2D eigenvalue weighted by Gasteiger charge is 2.09. The van der Waals surface area contributed by atoms with E-state index < -0.39 is 5.82 Å². The first-order valence-electron chi connectivity index (χ1n) is 5.63. The minimum Gasteiger partial charge on any atom is -0.487 e. The highest BCUT2D eigenvalue weighted by Crippen LogP contribution is 2.29. The predicted octanol–water partition coefficient (Wildman–Crippen LogP) is 4.45. The van der Waals surface area contributed by atoms with Crippen molar-refractivity contribution in [3.8, 4) is 5.75 Å². The molecule has 0 unspecified atom stereocenters. The van der Waals surface area contributed by atoms with Crippen LogP contribution < -0.4 is 10.5 Å². The Balaban J connectivity index is 2.23. The van der Waals surface area contributed by atoms with Crippen LogP contribution in [0.4, 0.5) is 4.39 Å². The molecule has 0 radical (unpaired) electrons. The maximum Gasteiger partial charge on any atom is 0.139 e. The second kappa shape index (κ2) is 6.52. The third kappa shape index (κ3) is 3.69. The van der Waals surface area contributed by atoms with Crippen molar-refractivity contribution in [1.29, 1.82) is 0 Å². The molecule has 2 aromatic rings. The van der Waals surface area contributed by atoms with Crippen LogP contribution in [-0.2, 0) is 6.61 Å². The summed E-state index contributed by atoms with van der Waals surface area (Å²) in [5.41, 5.74) is 6.75. The summed E-state index contributed by atoms with van der Waals surface area (Å²) in [4.78, 5) is 0.128. The molecule has 0 aliphatic carbocycles. The van der Waals surface area contributed by atoms with Crippen LogP contribution in [0.25, 0.3) is 0 Å². The zero-order valence-electron chi connectivity index (χ0n) is 10.2. The number of nitrogens with two attached hydrogens (primary N) is 1. The molecule has 0 aliphatic rings. The van der Waals surface area contributed by atoms with Gasteiger partial charge in [-0.2, -0.15) is 0 Å². The van der Waals surface area contributed by atoms with Crippen molar-refractivity contribution in [2.24, 2.45) is 5.73 Å². The Kier molecular flexibility index (Phi) is 4.96. The van der Waals surface area contributed by atoms with E-state index in [1.807, 2.05) is 6.07 Å². The maximum absolute atomic E-state index is 13.2. The minimum absolute atomic E-state index is 0.128. The third-order valence-corrected chi connectivity index (χ3v) is 3.64. The number of thiocarbonyl (C=S) groups is 1. The van der Waals surface area contributed by atoms with Crippen LogP contribution in [0.15, 0.2) is 40.9 Å². The summed E-state index contributed by atoms with van der Waals surface area (Å²) in [6.07, 6.45) is 0. The predicted molar refractivity (Wildman–Crippen MR) is 85.8 cm³/mol. The van der Waals surface area contributed by atoms with Crippen LogP contribution in [0, 0.1) is 5.82 Å². The molecule has 0 heterocycles. The molecule has 0 bridgehead atoms. The lowest BCUT2D eigenvalue weighted by atomic mass is 10.1. The summed E-state index contributed by atoms with van der Waals surface area (Å²) < 4.78 is 19.7. The highest BCUT2D eigenvalue weighted by atomic mass is 79.9. The summed E-state index contributed by atoms with van der Waals surface area (Å²) >= 11 is 14.3. The molecule has 2 rings (SSSR count). The molecule has 2 N–H and O–H groups in total. The SMILES string of the molecule is NC(=S)c1cc(F)ccc1COc1cc(Br)ccc1Cl. The van der Waals surface area contributed by atoms with Gasteiger partial charge in [-0.15, -0.1) is 0 Å². The standard InChI is InChI=1S/C14H10BrClFNOS/c15-9-2-4-12(16)13(5-9)19-7-8-1-3-10(17)6-11(8)14(18)20/h1-6H,7H2,(H2,18,20). The van der Waals surface area contributed by atoms with Gasteiger partial charge in [0.25, 0.3) is 0 Å². The van der Waals surface area contributed by atoms with Crippen molar-refractivity contribution in [3.63, 3.8) is 0 Å². The first kappa shape index (κ1) is 15.2. The second-order valence-corrected chi connectivity index (χ2v) is 5.79. The van der Waals surface area contributed by atoms with E-state index in [9.17, 15) is 4.39 Å². The topological polar surface area (TPSA) is 35.2 Å². The van der Waals surface area contributed by atoms with Gasteiger partial charge in [0, 0.05) is 10.0 Å². The zero-order valence-corrected chi connectivity index (χ0v) is 13.4. The van der Waals surface area contributed by atoms with Crippen molar-refractivity contribution in [1.82, 2.24) is 0 Å². The lowest BCUT2D eigenvalue weighted by Gasteiger charge is -2.11. The van der Waals surface area contributed by atoms with Gasteiger partial charge in [-0.1, -0.05) is 45.8 Å². The van der Waals surface area contributed by atoms with E-state index in [-0.39, 0.29) is 11.6 Å². The Hall–Kier alpha value is -1.17. The number of hydrogen-bond acceptors (Lipinski definition) is 2. The van der Waals surface area contributed by atoms with Crippen molar-refractivity contribution in [2.75, 3.05) is 0 Å². The largest absolute Gasteiger partial charge is 0.487 e. The Morgan fingerprint density at radius 3 is 2.75 bits per heavy atom. The van der Waals surface area contributed by atoms with Gasteiger partial charge in [0.15, 0.2) is 0 Å². The molecule has 0 saturated heterocycles. The van der Waals surface area contributed by atoms with E-state index in [0.29, 0.717) is 21.9 Å². The van der Waals surface area contributed by atoms with E-state index in [1.54, 1.807) is 18.2 Å². The van der Waals surface area contributed by atoms with Gasteiger partial charge < -0.3 is 10.5 Å². The van der Waals surface area contributed by atoms with Crippen LogP contribution in [0.1, 0.15) is 11.1 Å². The van der Waals surface area contributed by atoms with Gasteiger partial charge >= 0.3 is 0 Å².